The largest absolute Gasteiger partial charge is 0.491 e. The van der Waals surface area contributed by atoms with E-state index in [1.165, 1.54) is 0 Å². The fourth-order valence-corrected chi connectivity index (χ4v) is 8.46. The third-order valence-corrected chi connectivity index (χ3v) is 11.6. The molecule has 2 aliphatic heterocycles. The zero-order valence-corrected chi connectivity index (χ0v) is 36.8. The van der Waals surface area contributed by atoms with E-state index in [9.17, 15) is 19.2 Å². The molecule has 2 aliphatic rings. The molecule has 1 fully saturated rings. The predicted octanol–water partition coefficient (Wildman–Crippen LogP) is 3.88. The summed E-state index contributed by atoms with van der Waals surface area (Å²) < 4.78 is 19.0. The number of carbonyl (C=O) groups excluding carboxylic acids is 4. The van der Waals surface area contributed by atoms with Crippen LogP contribution in [0.15, 0.2) is 48.6 Å². The van der Waals surface area contributed by atoms with E-state index in [-0.39, 0.29) is 36.0 Å². The number of amides is 4. The van der Waals surface area contributed by atoms with Gasteiger partial charge in [-0.1, -0.05) is 12.2 Å². The highest BCUT2D eigenvalue weighted by Gasteiger charge is 2.29. The van der Waals surface area contributed by atoms with Crippen molar-refractivity contribution in [2.45, 2.75) is 66.2 Å². The molecule has 0 aliphatic carbocycles. The summed E-state index contributed by atoms with van der Waals surface area (Å²) in [4.78, 5) is 67.0. The van der Waals surface area contributed by atoms with Gasteiger partial charge in [0.1, 0.15) is 22.7 Å². The lowest BCUT2D eigenvalue weighted by Gasteiger charge is -2.26. The monoisotopic (exact) mass is 874 g/mol. The number of morpholine rings is 1. The molecule has 20 heteroatoms. The topological polar surface area (TPSA) is 241 Å². The molecule has 8 rings (SSSR count). The maximum Gasteiger partial charge on any atom is 0.276 e. The van der Waals surface area contributed by atoms with E-state index in [2.05, 4.69) is 25.7 Å². The minimum Gasteiger partial charge on any atom is -0.491 e. The number of allylic oxidation sites excluding steroid dienone is 2. The van der Waals surface area contributed by atoms with Gasteiger partial charge in [0.15, 0.2) is 0 Å². The van der Waals surface area contributed by atoms with E-state index in [0.717, 1.165) is 31.7 Å². The van der Waals surface area contributed by atoms with Crippen molar-refractivity contribution < 1.29 is 28.7 Å². The van der Waals surface area contributed by atoms with Gasteiger partial charge in [0.2, 0.25) is 23.7 Å². The van der Waals surface area contributed by atoms with Crippen molar-refractivity contribution in [2.75, 3.05) is 68.6 Å². The van der Waals surface area contributed by atoms with E-state index in [1.807, 2.05) is 60.9 Å². The van der Waals surface area contributed by atoms with Gasteiger partial charge in [-0.25, -0.2) is 9.97 Å². The molecule has 4 aromatic heterocycles. The van der Waals surface area contributed by atoms with Crippen LogP contribution in [0.4, 0.5) is 17.6 Å². The Morgan fingerprint density at radius 2 is 1.41 bits per heavy atom. The van der Waals surface area contributed by atoms with Crippen molar-refractivity contribution in [3.8, 4) is 5.75 Å². The van der Waals surface area contributed by atoms with Gasteiger partial charge in [0.25, 0.3) is 11.8 Å². The first-order valence-electron chi connectivity index (χ1n) is 21.6. The predicted molar refractivity (Wildman–Crippen MR) is 241 cm³/mol. The van der Waals surface area contributed by atoms with Gasteiger partial charge in [-0.3, -0.25) is 44.1 Å². The van der Waals surface area contributed by atoms with Crippen LogP contribution in [-0.2, 0) is 24.4 Å². The van der Waals surface area contributed by atoms with Gasteiger partial charge in [0, 0.05) is 64.0 Å². The number of anilines is 3. The number of aromatic nitrogens is 8. The van der Waals surface area contributed by atoms with E-state index in [4.69, 9.17) is 30.9 Å². The summed E-state index contributed by atoms with van der Waals surface area (Å²) in [6, 6.07) is 9.68. The number of benzene rings is 2. The summed E-state index contributed by atoms with van der Waals surface area (Å²) >= 11 is 0. The van der Waals surface area contributed by atoms with Crippen molar-refractivity contribution in [1.82, 2.24) is 43.6 Å². The van der Waals surface area contributed by atoms with Crippen LogP contribution in [0.1, 0.15) is 85.8 Å². The fraction of sp³-hybridized carbons (Fsp3) is 0.409. The lowest BCUT2D eigenvalue weighted by atomic mass is 10.1. The molecule has 20 nitrogen and oxygen atoms in total. The maximum atomic E-state index is 13.9. The number of fused-ring (bicyclic) bond motifs is 1. The third kappa shape index (κ3) is 8.78. The number of hydrogen-bond donors (Lipinski definition) is 4. The second-order valence-electron chi connectivity index (χ2n) is 16.0. The number of nitrogens with one attached hydrogen (secondary N) is 2. The number of aryl methyl sites for hydroxylation is 4. The quantitative estimate of drug-likeness (QED) is 0.0801. The van der Waals surface area contributed by atoms with E-state index >= 15 is 0 Å². The molecular formula is C44H54N14O6. The summed E-state index contributed by atoms with van der Waals surface area (Å²) in [6.45, 7) is 13.5. The Morgan fingerprint density at radius 1 is 0.812 bits per heavy atom. The Kier molecular flexibility index (Phi) is 12.5. The Balaban J connectivity index is 1.19. The van der Waals surface area contributed by atoms with Crippen LogP contribution in [0.3, 0.4) is 0 Å². The van der Waals surface area contributed by atoms with E-state index < -0.39 is 17.7 Å². The molecule has 6 aromatic rings. The highest BCUT2D eigenvalue weighted by atomic mass is 16.5. The SMILES string of the molecule is CCn1nc(C)cc1C(=O)Nc1nc2cc(C(N)=O)cc(OCCCN3CCOCC3)c2n1C/C=C/[C@H]1CCN(C)c2cc(C(N)=O)cc3nc(NC(=O)c4cc(C)nn4CC)n1c23. The van der Waals surface area contributed by atoms with Crippen molar-refractivity contribution in [3.63, 3.8) is 0 Å². The zero-order chi connectivity index (χ0) is 45.2. The van der Waals surface area contributed by atoms with Crippen LogP contribution in [0.25, 0.3) is 22.1 Å². The smallest absolute Gasteiger partial charge is 0.276 e. The second-order valence-corrected chi connectivity index (χ2v) is 16.0. The first-order chi connectivity index (χ1) is 30.8. The number of nitrogens with zero attached hydrogens (tertiary/aromatic N) is 10. The highest BCUT2D eigenvalue weighted by Crippen LogP contribution is 2.38. The standard InChI is InChI=1S/C44H54N14O6/c1-6-56-34(20-26(3)51-56)41(61)49-43-47-32-23-29(40(46)60)25-36(64-17-9-12-54-15-18-63-19-16-54)38(32)55(43)13-8-10-30-11-14-53(5)33-24-28(39(45)59)22-31-37(33)58(30)44(48-31)50-42(62)35-21-27(4)52-57(35)7-2/h8,10,20-25,30H,6-7,9,11-19H2,1-5H3,(H2,45,59)(H2,46,60)(H,47,49,61)(H,48,50,62)/b10-8+/t30-/m0/s1. The second kappa shape index (κ2) is 18.3. The highest BCUT2D eigenvalue weighted by molar-refractivity contribution is 6.06. The number of primary amides is 2. The number of carbonyl (C=O) groups is 4. The summed E-state index contributed by atoms with van der Waals surface area (Å²) in [7, 11) is 1.94. The molecule has 6 heterocycles. The molecule has 2 aromatic carbocycles. The van der Waals surface area contributed by atoms with Crippen molar-refractivity contribution in [2.24, 2.45) is 11.5 Å². The molecule has 0 spiro atoms. The minimum absolute atomic E-state index is 0.201. The first kappa shape index (κ1) is 43.6. The Labute approximate surface area is 369 Å². The van der Waals surface area contributed by atoms with Crippen LogP contribution < -0.4 is 31.7 Å². The number of ether oxygens (including phenoxy) is 2. The molecule has 64 heavy (non-hydrogen) atoms. The average molecular weight is 875 g/mol. The summed E-state index contributed by atoms with van der Waals surface area (Å²) in [5, 5.41) is 15.0. The van der Waals surface area contributed by atoms with E-state index in [1.54, 1.807) is 45.8 Å². The molecule has 0 unspecified atom stereocenters. The van der Waals surface area contributed by atoms with Crippen LogP contribution >= 0.6 is 0 Å². The number of imidazole rings is 2. The number of rotatable bonds is 16. The molecule has 0 radical (unpaired) electrons. The minimum atomic E-state index is -0.646. The van der Waals surface area contributed by atoms with Gasteiger partial charge in [-0.2, -0.15) is 10.2 Å². The zero-order valence-electron chi connectivity index (χ0n) is 36.8. The fourth-order valence-electron chi connectivity index (χ4n) is 8.46. The lowest BCUT2D eigenvalue weighted by molar-refractivity contribution is 0.0358. The Morgan fingerprint density at radius 3 is 2.03 bits per heavy atom. The van der Waals surface area contributed by atoms with Crippen LogP contribution in [0, 0.1) is 13.8 Å². The molecule has 0 bridgehead atoms. The lowest BCUT2D eigenvalue weighted by Crippen LogP contribution is -2.37. The Hall–Kier alpha value is -7.06. The van der Waals surface area contributed by atoms with Crippen molar-refractivity contribution in [1.29, 1.82) is 0 Å². The van der Waals surface area contributed by atoms with Gasteiger partial charge < -0.3 is 35.0 Å². The molecule has 6 N–H and O–H groups in total. The van der Waals surface area contributed by atoms with Crippen molar-refractivity contribution >= 4 is 63.3 Å². The van der Waals surface area contributed by atoms with Gasteiger partial charge in [0.05, 0.1) is 59.5 Å². The molecule has 336 valence electrons. The average Bonchev–Trinajstić information content (AvgIpc) is 4.03. The molecular weight excluding hydrogens is 821 g/mol. The van der Waals surface area contributed by atoms with Crippen LogP contribution in [-0.4, -0.2) is 120 Å². The molecule has 1 saturated heterocycles. The van der Waals surface area contributed by atoms with Crippen molar-refractivity contribution in [3.05, 3.63) is 82.5 Å². The van der Waals surface area contributed by atoms with Crippen LogP contribution in [0.5, 0.6) is 5.75 Å². The van der Waals surface area contributed by atoms with Gasteiger partial charge in [-0.05, 0) is 76.9 Å². The van der Waals surface area contributed by atoms with Gasteiger partial charge >= 0.3 is 0 Å². The normalized spacial score (nSPS) is 15.6. The first-order valence-corrected chi connectivity index (χ1v) is 21.6. The maximum absolute atomic E-state index is 13.9. The molecule has 0 saturated carbocycles. The summed E-state index contributed by atoms with van der Waals surface area (Å²) in [5.74, 6) is -1.14. The number of hydrogen-bond acceptors (Lipinski definition) is 12. The summed E-state index contributed by atoms with van der Waals surface area (Å²) in [5.41, 5.74) is 17.1. The van der Waals surface area contributed by atoms with E-state index in [0.29, 0.717) is 102 Å². The molecule has 4 amide bonds. The molecule has 1 atom stereocenters. The Bertz CT molecular complexity index is 2790. The number of nitrogens with two attached hydrogens (primary N) is 2. The summed E-state index contributed by atoms with van der Waals surface area (Å²) in [6.07, 6.45) is 5.29. The third-order valence-electron chi connectivity index (χ3n) is 11.6. The van der Waals surface area contributed by atoms with Crippen LogP contribution in [0.2, 0.25) is 0 Å². The van der Waals surface area contributed by atoms with Gasteiger partial charge in [-0.15, -0.1) is 0 Å².